The van der Waals surface area contributed by atoms with Gasteiger partial charge in [0.1, 0.15) is 16.7 Å². The van der Waals surface area contributed by atoms with E-state index in [9.17, 15) is 13.2 Å². The fourth-order valence-corrected chi connectivity index (χ4v) is 3.95. The first-order valence-electron chi connectivity index (χ1n) is 6.34. The van der Waals surface area contributed by atoms with Gasteiger partial charge in [-0.05, 0) is 12.1 Å². The summed E-state index contributed by atoms with van der Waals surface area (Å²) in [6.07, 6.45) is 1.43. The zero-order valence-electron chi connectivity index (χ0n) is 11.5. The van der Waals surface area contributed by atoms with Crippen LogP contribution in [-0.4, -0.2) is 68.4 Å². The van der Waals surface area contributed by atoms with E-state index in [1.807, 2.05) is 0 Å². The molecule has 2 heterocycles. The average Bonchev–Trinajstić information content (AvgIpc) is 2.48. The van der Waals surface area contributed by atoms with Gasteiger partial charge in [0.15, 0.2) is 0 Å². The van der Waals surface area contributed by atoms with E-state index in [1.165, 1.54) is 29.7 Å². The standard InChI is InChI=1S/C12H16ClN3O4S/c1-20-9-11(17)15-5-7-16(8-6-15)21(18,19)10-3-2-4-14-12(10)13/h2-4H,5-9H2,1H3. The third-order valence-corrected chi connectivity index (χ3v) is 5.55. The Bertz CT molecular complexity index is 615. The summed E-state index contributed by atoms with van der Waals surface area (Å²) in [5.41, 5.74) is 0. The van der Waals surface area contributed by atoms with Crippen molar-refractivity contribution < 1.29 is 17.9 Å². The zero-order chi connectivity index (χ0) is 15.5. The van der Waals surface area contributed by atoms with Crippen LogP contribution in [-0.2, 0) is 19.6 Å². The average molecular weight is 334 g/mol. The molecule has 0 unspecified atom stereocenters. The van der Waals surface area contributed by atoms with Gasteiger partial charge in [-0.25, -0.2) is 13.4 Å². The highest BCUT2D eigenvalue weighted by molar-refractivity contribution is 7.89. The molecule has 21 heavy (non-hydrogen) atoms. The number of pyridine rings is 1. The third kappa shape index (κ3) is 3.52. The summed E-state index contributed by atoms with van der Waals surface area (Å²) in [6.45, 7) is 1.12. The van der Waals surface area contributed by atoms with Gasteiger partial charge in [0.2, 0.25) is 15.9 Å². The molecule has 1 aromatic rings. The lowest BCUT2D eigenvalue weighted by Crippen LogP contribution is -2.51. The van der Waals surface area contributed by atoms with E-state index < -0.39 is 10.0 Å². The van der Waals surface area contributed by atoms with Crippen molar-refractivity contribution in [3.8, 4) is 0 Å². The van der Waals surface area contributed by atoms with Gasteiger partial charge in [0, 0.05) is 39.5 Å². The van der Waals surface area contributed by atoms with Crippen molar-refractivity contribution in [2.75, 3.05) is 39.9 Å². The van der Waals surface area contributed by atoms with Gasteiger partial charge in [-0.3, -0.25) is 4.79 Å². The number of carbonyl (C=O) groups is 1. The Hall–Kier alpha value is -1.22. The van der Waals surface area contributed by atoms with Gasteiger partial charge in [-0.15, -0.1) is 0 Å². The first kappa shape index (κ1) is 16.2. The van der Waals surface area contributed by atoms with Gasteiger partial charge < -0.3 is 9.64 Å². The number of carbonyl (C=O) groups excluding carboxylic acids is 1. The number of aromatic nitrogens is 1. The lowest BCUT2D eigenvalue weighted by Gasteiger charge is -2.33. The summed E-state index contributed by atoms with van der Waals surface area (Å²) >= 11 is 5.85. The van der Waals surface area contributed by atoms with Crippen molar-refractivity contribution in [2.24, 2.45) is 0 Å². The van der Waals surface area contributed by atoms with Crippen molar-refractivity contribution in [3.63, 3.8) is 0 Å². The van der Waals surface area contributed by atoms with Crippen molar-refractivity contribution in [3.05, 3.63) is 23.5 Å². The summed E-state index contributed by atoms with van der Waals surface area (Å²) in [6, 6.07) is 2.95. The number of piperazine rings is 1. The maximum absolute atomic E-state index is 12.5. The van der Waals surface area contributed by atoms with Crippen molar-refractivity contribution >= 4 is 27.5 Å². The van der Waals surface area contributed by atoms with Crippen LogP contribution >= 0.6 is 11.6 Å². The topological polar surface area (TPSA) is 79.8 Å². The van der Waals surface area contributed by atoms with Crippen molar-refractivity contribution in [1.29, 1.82) is 0 Å². The number of nitrogens with zero attached hydrogens (tertiary/aromatic N) is 3. The van der Waals surface area contributed by atoms with Crippen LogP contribution < -0.4 is 0 Å². The van der Waals surface area contributed by atoms with Gasteiger partial charge in [0.25, 0.3) is 0 Å². The third-order valence-electron chi connectivity index (χ3n) is 3.20. The number of ether oxygens (including phenoxy) is 1. The molecule has 1 saturated heterocycles. The highest BCUT2D eigenvalue weighted by atomic mass is 35.5. The predicted octanol–water partition coefficient (Wildman–Crippen LogP) is 0.214. The molecule has 1 aromatic heterocycles. The zero-order valence-corrected chi connectivity index (χ0v) is 13.1. The van der Waals surface area contributed by atoms with Crippen LogP contribution in [0.25, 0.3) is 0 Å². The Kier molecular flexibility index (Phi) is 5.15. The fourth-order valence-electron chi connectivity index (χ4n) is 2.10. The minimum absolute atomic E-state index is 0.00117. The molecule has 0 spiro atoms. The fraction of sp³-hybridized carbons (Fsp3) is 0.500. The second-order valence-electron chi connectivity index (χ2n) is 4.51. The first-order chi connectivity index (χ1) is 9.96. The quantitative estimate of drug-likeness (QED) is 0.736. The van der Waals surface area contributed by atoms with Crippen LogP contribution in [0.4, 0.5) is 0 Å². The lowest BCUT2D eigenvalue weighted by molar-refractivity contribution is -0.136. The first-order valence-corrected chi connectivity index (χ1v) is 8.16. The van der Waals surface area contributed by atoms with Crippen LogP contribution in [0.3, 0.4) is 0 Å². The number of amides is 1. The van der Waals surface area contributed by atoms with Crippen LogP contribution in [0.15, 0.2) is 23.2 Å². The van der Waals surface area contributed by atoms with Crippen LogP contribution in [0.2, 0.25) is 5.15 Å². The summed E-state index contributed by atoms with van der Waals surface area (Å²) in [4.78, 5) is 17.0. The number of hydrogen-bond acceptors (Lipinski definition) is 5. The minimum Gasteiger partial charge on any atom is -0.375 e. The van der Waals surface area contributed by atoms with E-state index in [0.717, 1.165) is 0 Å². The molecule has 0 atom stereocenters. The maximum Gasteiger partial charge on any atom is 0.248 e. The van der Waals surface area contributed by atoms with Crippen LogP contribution in [0.5, 0.6) is 0 Å². The number of methoxy groups -OCH3 is 1. The largest absolute Gasteiger partial charge is 0.375 e. The molecule has 1 amide bonds. The Morgan fingerprint density at radius 1 is 1.38 bits per heavy atom. The molecule has 9 heteroatoms. The summed E-state index contributed by atoms with van der Waals surface area (Å²) in [7, 11) is -2.24. The molecule has 0 radical (unpaired) electrons. The van der Waals surface area contributed by atoms with E-state index >= 15 is 0 Å². The van der Waals surface area contributed by atoms with Gasteiger partial charge in [-0.1, -0.05) is 11.6 Å². The highest BCUT2D eigenvalue weighted by Crippen LogP contribution is 2.23. The van der Waals surface area contributed by atoms with Crippen LogP contribution in [0.1, 0.15) is 0 Å². The molecule has 0 N–H and O–H groups in total. The van der Waals surface area contributed by atoms with Gasteiger partial charge in [-0.2, -0.15) is 4.31 Å². The SMILES string of the molecule is COCC(=O)N1CCN(S(=O)(=O)c2cccnc2Cl)CC1. The molecule has 1 aliphatic rings. The molecular formula is C12H16ClN3O4S. The molecular weight excluding hydrogens is 318 g/mol. The normalized spacial score (nSPS) is 17.0. The van der Waals surface area contributed by atoms with E-state index in [0.29, 0.717) is 13.1 Å². The van der Waals surface area contributed by atoms with E-state index in [1.54, 1.807) is 4.90 Å². The summed E-state index contributed by atoms with van der Waals surface area (Å²) in [5.74, 6) is -0.144. The van der Waals surface area contributed by atoms with Crippen molar-refractivity contribution in [1.82, 2.24) is 14.2 Å². The smallest absolute Gasteiger partial charge is 0.248 e. The second-order valence-corrected chi connectivity index (χ2v) is 6.77. The molecule has 1 fully saturated rings. The molecule has 7 nitrogen and oxygen atoms in total. The molecule has 1 aliphatic heterocycles. The van der Waals surface area contributed by atoms with Crippen LogP contribution in [0, 0.1) is 0 Å². The second kappa shape index (κ2) is 6.69. The number of halogens is 1. The lowest BCUT2D eigenvalue weighted by atomic mass is 10.3. The molecule has 0 aromatic carbocycles. The Morgan fingerprint density at radius 3 is 2.62 bits per heavy atom. The molecule has 116 valence electrons. The molecule has 0 saturated carbocycles. The number of sulfonamides is 1. The van der Waals surface area contributed by atoms with Gasteiger partial charge in [0.05, 0.1) is 0 Å². The van der Waals surface area contributed by atoms with E-state index in [4.69, 9.17) is 16.3 Å². The number of rotatable bonds is 4. The minimum atomic E-state index is -3.68. The Morgan fingerprint density at radius 2 is 2.05 bits per heavy atom. The van der Waals surface area contributed by atoms with Crippen molar-refractivity contribution in [2.45, 2.75) is 4.90 Å². The Balaban J connectivity index is 2.08. The summed E-state index contributed by atoms with van der Waals surface area (Å²) < 4.78 is 31.1. The highest BCUT2D eigenvalue weighted by Gasteiger charge is 2.31. The molecule has 0 aliphatic carbocycles. The Labute approximate surface area is 128 Å². The molecule has 2 rings (SSSR count). The summed E-state index contributed by atoms with van der Waals surface area (Å²) in [5, 5.41) is -0.0459. The maximum atomic E-state index is 12.5. The predicted molar refractivity (Wildman–Crippen MR) is 76.5 cm³/mol. The van der Waals surface area contributed by atoms with E-state index in [2.05, 4.69) is 4.98 Å². The van der Waals surface area contributed by atoms with E-state index in [-0.39, 0.29) is 35.7 Å². The monoisotopic (exact) mass is 333 g/mol. The van der Waals surface area contributed by atoms with Gasteiger partial charge >= 0.3 is 0 Å². The number of hydrogen-bond donors (Lipinski definition) is 0. The molecule has 0 bridgehead atoms.